The van der Waals surface area contributed by atoms with Crippen molar-refractivity contribution in [1.29, 1.82) is 0 Å². The minimum Gasteiger partial charge on any atom is -0.0716 e. The average molecular weight is 319 g/mol. The van der Waals surface area contributed by atoms with E-state index in [4.69, 9.17) is 0 Å². The van der Waals surface area contributed by atoms with Crippen molar-refractivity contribution in [2.24, 2.45) is 0 Å². The molecule has 0 saturated carbocycles. The number of hydrogen-bond donors (Lipinski definition) is 0. The third-order valence-corrected chi connectivity index (χ3v) is 48.4. The number of benzene rings is 1. The van der Waals surface area contributed by atoms with Crippen LogP contribution in [0.1, 0.15) is 0 Å². The maximum atomic E-state index is 3.72. The highest BCUT2D eigenvalue weighted by atomic mass is 79.9. The first kappa shape index (κ1) is 12.6. The van der Waals surface area contributed by atoms with Gasteiger partial charge in [0.25, 0.3) is 0 Å². The lowest BCUT2D eigenvalue weighted by atomic mass is 10.4. The van der Waals surface area contributed by atoms with E-state index in [1.165, 1.54) is 14.2 Å². The van der Waals surface area contributed by atoms with Gasteiger partial charge >= 0.3 is 0 Å². The van der Waals surface area contributed by atoms with E-state index in [9.17, 15) is 0 Å². The van der Waals surface area contributed by atoms with Gasteiger partial charge in [0.15, 0.2) is 0 Å². The summed E-state index contributed by atoms with van der Waals surface area (Å²) in [6.45, 7) is 7.69. The lowest BCUT2D eigenvalue weighted by Crippen LogP contribution is -2.56. The van der Waals surface area contributed by atoms with E-state index in [0.717, 1.165) is 0 Å². The molecule has 1 aromatic carbocycles. The zero-order valence-electron chi connectivity index (χ0n) is 9.47. The van der Waals surface area contributed by atoms with E-state index in [2.05, 4.69) is 59.8 Å². The second kappa shape index (κ2) is 5.07. The zero-order chi connectivity index (χ0) is 10.8. The third kappa shape index (κ3) is 3.03. The smallest absolute Gasteiger partial charge is 0.0506 e. The standard InChI is InChI=1S/C9H19BrSi4/c1-14(2,3)13(12-11)9-7-5-4-6-8(9)10/h4-7,13H,12H2,1-3,11H3. The maximum absolute atomic E-state index is 3.72. The van der Waals surface area contributed by atoms with E-state index < -0.39 is 15.4 Å². The van der Waals surface area contributed by atoms with Crippen LogP contribution in [0.5, 0.6) is 0 Å². The molecule has 78 valence electrons. The summed E-state index contributed by atoms with van der Waals surface area (Å²) in [5.74, 6) is 0. The molecule has 1 rings (SSSR count). The summed E-state index contributed by atoms with van der Waals surface area (Å²) in [4.78, 5) is 0. The molecule has 0 aliphatic carbocycles. The van der Waals surface area contributed by atoms with Crippen LogP contribution < -0.4 is 5.19 Å². The quantitative estimate of drug-likeness (QED) is 0.701. The van der Waals surface area contributed by atoms with Gasteiger partial charge in [-0.15, -0.1) is 0 Å². The highest BCUT2D eigenvalue weighted by Crippen LogP contribution is 2.12. The highest BCUT2D eigenvalue weighted by molar-refractivity contribution is 9.10. The van der Waals surface area contributed by atoms with Gasteiger partial charge in [0.05, 0.1) is 7.83 Å². The summed E-state index contributed by atoms with van der Waals surface area (Å²) in [5.41, 5.74) is 0. The molecule has 1 atom stereocenters. The molecule has 0 radical (unpaired) electrons. The normalized spacial score (nSPS) is 15.1. The number of hydrogen-bond acceptors (Lipinski definition) is 0. The third-order valence-electron chi connectivity index (χ3n) is 2.73. The van der Waals surface area contributed by atoms with Crippen LogP contribution in [0.15, 0.2) is 28.7 Å². The van der Waals surface area contributed by atoms with Crippen molar-refractivity contribution in [1.82, 2.24) is 0 Å². The van der Waals surface area contributed by atoms with Crippen LogP contribution >= 0.6 is 15.9 Å². The van der Waals surface area contributed by atoms with Crippen LogP contribution in [0.2, 0.25) is 19.6 Å². The van der Waals surface area contributed by atoms with Crippen LogP contribution in [0.4, 0.5) is 0 Å². The van der Waals surface area contributed by atoms with Crippen LogP contribution in [-0.2, 0) is 0 Å². The molecule has 0 aromatic heterocycles. The molecule has 0 nitrogen and oxygen atoms in total. The summed E-state index contributed by atoms with van der Waals surface area (Å²) in [6, 6.07) is 8.95. The molecule has 0 amide bonds. The SMILES string of the molecule is C[Si](C)(C)[SiH]([SiH2][SiH3])c1ccccc1Br. The van der Waals surface area contributed by atoms with E-state index in [-0.39, 0.29) is 0 Å². The van der Waals surface area contributed by atoms with Crippen LogP contribution in [0, 0.1) is 0 Å². The molecule has 1 unspecified atom stereocenters. The minimum atomic E-state index is -0.854. The summed E-state index contributed by atoms with van der Waals surface area (Å²) in [7, 11) is 0.454. The largest absolute Gasteiger partial charge is 0.0716 e. The first-order valence-electron chi connectivity index (χ1n) is 5.21. The van der Waals surface area contributed by atoms with Gasteiger partial charge in [0.1, 0.15) is 0 Å². The van der Waals surface area contributed by atoms with E-state index >= 15 is 0 Å². The lowest BCUT2D eigenvalue weighted by molar-refractivity contribution is 1.70. The van der Waals surface area contributed by atoms with Crippen molar-refractivity contribution >= 4 is 54.9 Å². The van der Waals surface area contributed by atoms with Gasteiger partial charge in [-0.1, -0.05) is 59.0 Å². The summed E-state index contributed by atoms with van der Waals surface area (Å²) in [6.07, 6.45) is 0. The van der Waals surface area contributed by atoms with Crippen molar-refractivity contribution in [3.05, 3.63) is 28.7 Å². The number of rotatable bonds is 3. The molecule has 0 spiro atoms. The van der Waals surface area contributed by atoms with E-state index in [0.29, 0.717) is 8.55 Å². The van der Waals surface area contributed by atoms with E-state index in [1.807, 2.05) is 0 Å². The van der Waals surface area contributed by atoms with Crippen molar-refractivity contribution in [2.45, 2.75) is 19.6 Å². The Morgan fingerprint density at radius 2 is 1.86 bits per heavy atom. The molecular weight excluding hydrogens is 300 g/mol. The molecule has 0 bridgehead atoms. The predicted octanol–water partition coefficient (Wildman–Crippen LogP) is 0.246. The van der Waals surface area contributed by atoms with Crippen LogP contribution in [0.25, 0.3) is 0 Å². The second-order valence-corrected chi connectivity index (χ2v) is 35.0. The second-order valence-electron chi connectivity index (χ2n) is 4.85. The summed E-state index contributed by atoms with van der Waals surface area (Å²) < 4.78 is 1.39. The fourth-order valence-electron chi connectivity index (χ4n) is 2.06. The zero-order valence-corrected chi connectivity index (χ0v) is 16.6. The van der Waals surface area contributed by atoms with Gasteiger partial charge in [-0.05, 0) is 15.8 Å². The topological polar surface area (TPSA) is 0 Å². The molecule has 5 heteroatoms. The first-order chi connectivity index (χ1) is 6.46. The predicted molar refractivity (Wildman–Crippen MR) is 82.8 cm³/mol. The molecule has 0 aliphatic heterocycles. The van der Waals surface area contributed by atoms with Crippen LogP contribution in [0.3, 0.4) is 0 Å². The molecule has 0 N–H and O–H groups in total. The fourth-order valence-corrected chi connectivity index (χ4v) is 65.7. The summed E-state index contributed by atoms with van der Waals surface area (Å²) in [5, 5.41) is 1.73. The van der Waals surface area contributed by atoms with Gasteiger partial charge in [-0.2, -0.15) is 0 Å². The average Bonchev–Trinajstić information content (AvgIpc) is 2.07. The molecular formula is C9H19BrSi4. The Hall–Kier alpha value is 0.568. The Labute approximate surface area is 103 Å². The number of halogens is 1. The summed E-state index contributed by atoms with van der Waals surface area (Å²) >= 11 is 3.72. The fraction of sp³-hybridized carbons (Fsp3) is 0.333. The monoisotopic (exact) mass is 318 g/mol. The van der Waals surface area contributed by atoms with Crippen molar-refractivity contribution in [3.8, 4) is 0 Å². The van der Waals surface area contributed by atoms with Gasteiger partial charge in [0.2, 0.25) is 0 Å². The van der Waals surface area contributed by atoms with Gasteiger partial charge < -0.3 is 0 Å². The van der Waals surface area contributed by atoms with Gasteiger partial charge in [-0.3, -0.25) is 0 Å². The Morgan fingerprint density at radius 3 is 2.29 bits per heavy atom. The Bertz CT molecular complexity index is 308. The highest BCUT2D eigenvalue weighted by Gasteiger charge is 2.29. The molecule has 14 heavy (non-hydrogen) atoms. The van der Waals surface area contributed by atoms with Crippen molar-refractivity contribution in [2.75, 3.05) is 0 Å². The van der Waals surface area contributed by atoms with Crippen LogP contribution in [-0.4, -0.2) is 33.7 Å². The minimum absolute atomic E-state index is 0.314. The molecule has 0 saturated heterocycles. The van der Waals surface area contributed by atoms with Crippen molar-refractivity contribution in [3.63, 3.8) is 0 Å². The molecule has 0 heterocycles. The first-order valence-corrected chi connectivity index (χ1v) is 20.8. The maximum Gasteiger partial charge on any atom is 0.0506 e. The Kier molecular flexibility index (Phi) is 4.57. The Balaban J connectivity index is 3.08. The molecule has 1 aromatic rings. The molecule has 0 aliphatic rings. The molecule has 0 fully saturated rings. The lowest BCUT2D eigenvalue weighted by Gasteiger charge is -2.27. The van der Waals surface area contributed by atoms with Gasteiger partial charge in [0, 0.05) is 20.6 Å². The van der Waals surface area contributed by atoms with Crippen molar-refractivity contribution < 1.29 is 0 Å². The van der Waals surface area contributed by atoms with E-state index in [1.54, 1.807) is 5.19 Å². The Morgan fingerprint density at radius 1 is 1.29 bits per heavy atom. The van der Waals surface area contributed by atoms with Gasteiger partial charge in [-0.25, -0.2) is 0 Å².